The van der Waals surface area contributed by atoms with E-state index in [1.54, 1.807) is 6.20 Å². The monoisotopic (exact) mass is 1210 g/mol. The molecule has 3 N–H and O–H groups in total. The number of aliphatic imine (C=N–C) groups is 1. The summed E-state index contributed by atoms with van der Waals surface area (Å²) < 4.78 is 22.5. The molecule has 10 rings (SSSR count). The summed E-state index contributed by atoms with van der Waals surface area (Å²) in [5.41, 5.74) is 8.65. The van der Waals surface area contributed by atoms with Gasteiger partial charge < -0.3 is 39.6 Å². The SMILES string of the molecule is C/C=c1/c(=C\N=C(C)Nc2ccc(OC3CCNCC3)cc2)cc(-c2nc(C(C)CCCC)nc(C(CC)CCC(CC)Oc3ccc(Nc4ncc5cc(-c6ccc(C7CCCC7)nc6C)c(=O)n(C6CCOC6)c5n4)cc3)c2C)c(=O)n1CCN(C)C. The van der Waals surface area contributed by atoms with E-state index in [-0.39, 0.29) is 41.2 Å². The van der Waals surface area contributed by atoms with Gasteiger partial charge in [0.2, 0.25) is 5.95 Å². The van der Waals surface area contributed by atoms with Gasteiger partial charge in [-0.1, -0.05) is 65.5 Å². The second-order valence-corrected chi connectivity index (χ2v) is 25.0. The first-order valence-electron chi connectivity index (χ1n) is 33.0. The predicted molar refractivity (Wildman–Crippen MR) is 361 cm³/mol. The lowest BCUT2D eigenvalue weighted by molar-refractivity contribution is 0.162. The van der Waals surface area contributed by atoms with Crippen LogP contribution >= 0.6 is 0 Å². The predicted octanol–water partition coefficient (Wildman–Crippen LogP) is 12.6. The maximum absolute atomic E-state index is 15.1. The van der Waals surface area contributed by atoms with Gasteiger partial charge in [-0.05, 0) is 191 Å². The number of rotatable bonds is 25. The minimum Gasteiger partial charge on any atom is -0.490 e. The van der Waals surface area contributed by atoms with Crippen molar-refractivity contribution in [2.75, 3.05) is 57.6 Å². The fraction of sp³-hybridized carbons (Fsp3) is 0.500. The molecule has 4 atom stereocenters. The van der Waals surface area contributed by atoms with Crippen molar-refractivity contribution in [3.63, 3.8) is 0 Å². The molecular formula is C72H94N12O5. The van der Waals surface area contributed by atoms with Crippen molar-refractivity contribution in [2.45, 2.75) is 188 Å². The third kappa shape index (κ3) is 15.7. The Labute approximate surface area is 525 Å². The summed E-state index contributed by atoms with van der Waals surface area (Å²) in [4.78, 5) is 62.2. The highest BCUT2D eigenvalue weighted by molar-refractivity contribution is 5.95. The highest BCUT2D eigenvalue weighted by atomic mass is 16.5. The van der Waals surface area contributed by atoms with Gasteiger partial charge in [0.1, 0.15) is 34.9 Å². The number of piperidine rings is 1. The zero-order valence-electron chi connectivity index (χ0n) is 54.3. The average molecular weight is 1210 g/mol. The number of ether oxygens (including phenoxy) is 3. The Kier molecular flexibility index (Phi) is 21.9. The number of anilines is 3. The smallest absolute Gasteiger partial charge is 0.260 e. The van der Waals surface area contributed by atoms with Crippen LogP contribution in [0.1, 0.15) is 184 Å². The number of hydrogen-bond acceptors (Lipinski definition) is 14. The molecule has 17 heteroatoms. The van der Waals surface area contributed by atoms with Crippen molar-refractivity contribution in [1.29, 1.82) is 0 Å². The quantitative estimate of drug-likeness (QED) is 0.0362. The number of hydrogen-bond donors (Lipinski definition) is 3. The fourth-order valence-corrected chi connectivity index (χ4v) is 13.0. The fourth-order valence-electron chi connectivity index (χ4n) is 13.0. The Bertz CT molecular complexity index is 3820. The average Bonchev–Trinajstić information content (AvgIpc) is 1.29. The normalized spacial score (nSPS) is 17.4. The highest BCUT2D eigenvalue weighted by Gasteiger charge is 2.28. The summed E-state index contributed by atoms with van der Waals surface area (Å²) in [6.07, 6.45) is 19.8. The molecule has 1 aliphatic carbocycles. The van der Waals surface area contributed by atoms with Crippen molar-refractivity contribution in [3.8, 4) is 33.9 Å². The lowest BCUT2D eigenvalue weighted by Gasteiger charge is -2.24. The third-order valence-electron chi connectivity index (χ3n) is 18.3. The molecule has 2 aromatic carbocycles. The van der Waals surface area contributed by atoms with Crippen LogP contribution in [0.4, 0.5) is 17.3 Å². The van der Waals surface area contributed by atoms with Crippen LogP contribution in [0.3, 0.4) is 0 Å². The summed E-state index contributed by atoms with van der Waals surface area (Å²) in [6.45, 7) is 21.0. The molecule has 17 nitrogen and oxygen atoms in total. The summed E-state index contributed by atoms with van der Waals surface area (Å²) in [6, 6.07) is 23.9. The van der Waals surface area contributed by atoms with E-state index in [2.05, 4.69) is 67.6 Å². The Hall–Kier alpha value is -7.60. The number of likely N-dealkylation sites (N-methyl/N-ethyl adjacent to an activating group) is 1. The van der Waals surface area contributed by atoms with Crippen molar-refractivity contribution < 1.29 is 14.2 Å². The van der Waals surface area contributed by atoms with Crippen molar-refractivity contribution in [1.82, 2.24) is 44.3 Å². The summed E-state index contributed by atoms with van der Waals surface area (Å²) in [5.74, 6) is 4.17. The van der Waals surface area contributed by atoms with Crippen LogP contribution in [-0.4, -0.2) is 104 Å². The Morgan fingerprint density at radius 1 is 0.843 bits per heavy atom. The van der Waals surface area contributed by atoms with Crippen LogP contribution in [0, 0.1) is 13.8 Å². The molecule has 2 saturated heterocycles. The van der Waals surface area contributed by atoms with E-state index in [4.69, 9.17) is 44.1 Å². The first-order valence-corrected chi connectivity index (χ1v) is 33.0. The number of unbranched alkanes of at least 4 members (excludes halogenated alkanes) is 1. The second-order valence-electron chi connectivity index (χ2n) is 25.0. The Morgan fingerprint density at radius 2 is 1.60 bits per heavy atom. The molecule has 0 bridgehead atoms. The summed E-state index contributed by atoms with van der Waals surface area (Å²) in [5, 5.41) is 12.7. The number of amidine groups is 1. The molecule has 0 spiro atoms. The molecule has 7 heterocycles. The minimum absolute atomic E-state index is 0.0573. The number of pyridine rings is 3. The molecule has 3 fully saturated rings. The van der Waals surface area contributed by atoms with E-state index in [1.165, 1.54) is 25.7 Å². The van der Waals surface area contributed by atoms with Crippen molar-refractivity contribution >= 4 is 46.5 Å². The number of benzene rings is 2. The van der Waals surface area contributed by atoms with E-state index in [0.717, 1.165) is 150 Å². The molecule has 472 valence electrons. The number of fused-ring (bicyclic) bond motifs is 1. The van der Waals surface area contributed by atoms with Crippen molar-refractivity contribution in [2.24, 2.45) is 4.99 Å². The van der Waals surface area contributed by atoms with E-state index in [9.17, 15) is 4.79 Å². The van der Waals surface area contributed by atoms with Crippen LogP contribution in [-0.2, 0) is 11.3 Å². The van der Waals surface area contributed by atoms with Crippen LogP contribution in [0.2, 0.25) is 0 Å². The molecule has 1 saturated carbocycles. The van der Waals surface area contributed by atoms with Crippen LogP contribution in [0.25, 0.3) is 45.7 Å². The first kappa shape index (κ1) is 64.4. The molecule has 7 aromatic rings. The van der Waals surface area contributed by atoms with Gasteiger partial charge in [0.05, 0.1) is 35.7 Å². The molecule has 4 unspecified atom stereocenters. The maximum Gasteiger partial charge on any atom is 0.260 e. The molecule has 2 aliphatic heterocycles. The van der Waals surface area contributed by atoms with Gasteiger partial charge in [-0.15, -0.1) is 0 Å². The zero-order valence-corrected chi connectivity index (χ0v) is 54.3. The molecule has 3 aliphatic rings. The molecular weight excluding hydrogens is 1110 g/mol. The molecule has 89 heavy (non-hydrogen) atoms. The minimum atomic E-state index is -0.147. The molecule has 5 aromatic heterocycles. The Balaban J connectivity index is 0.876. The molecule has 0 radical (unpaired) electrons. The summed E-state index contributed by atoms with van der Waals surface area (Å²) in [7, 11) is 4.06. The van der Waals surface area contributed by atoms with E-state index in [1.807, 2.05) is 117 Å². The van der Waals surface area contributed by atoms with Gasteiger partial charge in [-0.2, -0.15) is 4.98 Å². The van der Waals surface area contributed by atoms with Gasteiger partial charge in [0.25, 0.3) is 11.1 Å². The first-order chi connectivity index (χ1) is 43.2. The van der Waals surface area contributed by atoms with Gasteiger partial charge in [0.15, 0.2) is 0 Å². The van der Waals surface area contributed by atoms with E-state index >= 15 is 4.79 Å². The maximum atomic E-state index is 15.1. The van der Waals surface area contributed by atoms with E-state index in [0.29, 0.717) is 66.5 Å². The van der Waals surface area contributed by atoms with Crippen LogP contribution < -0.4 is 47.1 Å². The zero-order chi connectivity index (χ0) is 62.6. The number of nitrogens with zero attached hydrogens (tertiary/aromatic N) is 9. The number of aryl methyl sites for hydroxylation is 1. The standard InChI is InChI=1S/C72H94N12O5/c1-11-15-18-46(5)68-79-66(47(6)67(80-68)63-41-52(65(14-4)83(70(63)85)39-38-82(9)10)43-74-49(8)77-54-22-27-59(28-23-54)89-60-33-36-73-37-34-60)50(12-2)21-26-57(13-3)88-58-29-24-55(25-30-58)78-72-75-44-53-42-62(71(86)84(69(53)81-72)56-35-40-87-45-56)61-31-32-64(76-48(61)7)51-19-16-17-20-51/h14,22-25,27-32,41-44,46,50-51,56-57,60,73H,11-13,15-21,26,33-40,45H2,1-10H3,(H,74,77)(H,75,78,81)/b52-43-,65-14-. The Morgan fingerprint density at radius 3 is 2.28 bits per heavy atom. The van der Waals surface area contributed by atoms with Gasteiger partial charge in [-0.3, -0.25) is 19.1 Å². The lowest BCUT2D eigenvalue weighted by Crippen LogP contribution is -2.45. The van der Waals surface area contributed by atoms with Crippen LogP contribution in [0.15, 0.2) is 93.6 Å². The van der Waals surface area contributed by atoms with Crippen LogP contribution in [0.5, 0.6) is 11.5 Å². The summed E-state index contributed by atoms with van der Waals surface area (Å²) >= 11 is 0. The topological polar surface area (TPSA) is 188 Å². The van der Waals surface area contributed by atoms with Crippen molar-refractivity contribution in [3.05, 3.63) is 139 Å². The molecule has 0 amide bonds. The second kappa shape index (κ2) is 30.3. The van der Waals surface area contributed by atoms with Gasteiger partial charge in [0, 0.05) is 99.7 Å². The highest BCUT2D eigenvalue weighted by Crippen LogP contribution is 2.37. The third-order valence-corrected chi connectivity index (χ3v) is 18.3. The van der Waals surface area contributed by atoms with Gasteiger partial charge in [-0.25, -0.2) is 19.9 Å². The van der Waals surface area contributed by atoms with Gasteiger partial charge >= 0.3 is 0 Å². The van der Waals surface area contributed by atoms with E-state index < -0.39 is 0 Å². The largest absolute Gasteiger partial charge is 0.490 e. The number of aromatic nitrogens is 7. The number of nitrogens with one attached hydrogen (secondary N) is 3. The lowest BCUT2D eigenvalue weighted by atomic mass is 9.89.